The van der Waals surface area contributed by atoms with Gasteiger partial charge in [-0.3, -0.25) is 0 Å². The summed E-state index contributed by atoms with van der Waals surface area (Å²) >= 11 is 11.0. The first-order valence-electron chi connectivity index (χ1n) is 6.84. The number of rotatable bonds is 7. The second kappa shape index (κ2) is 7.09. The summed E-state index contributed by atoms with van der Waals surface area (Å²) in [5.41, 5.74) is -0.399. The summed E-state index contributed by atoms with van der Waals surface area (Å²) in [5.74, 6) is 1.76. The number of allylic oxidation sites excluding steroid dienone is 2. The molecule has 3 nitrogen and oxygen atoms in total. The monoisotopic (exact) mass is 474 g/mol. The molecule has 0 spiro atoms. The average Bonchev–Trinajstić information content (AvgIpc) is 2.99. The number of methoxy groups -OCH3 is 1. The summed E-state index contributed by atoms with van der Waals surface area (Å²) in [5, 5.41) is 0. The second-order valence-corrected chi connectivity index (χ2v) is 12.4. The highest BCUT2D eigenvalue weighted by Gasteiger charge is 2.55. The maximum absolute atomic E-state index is 6.12. The molecule has 0 heterocycles. The molecule has 6 heteroatoms. The zero-order valence-electron chi connectivity index (χ0n) is 11.8. The average molecular weight is 477 g/mol. The Morgan fingerprint density at radius 3 is 2.40 bits per heavy atom. The Morgan fingerprint density at radius 2 is 1.90 bits per heavy atom. The van der Waals surface area contributed by atoms with Crippen LogP contribution in [0.5, 0.6) is 0 Å². The molecule has 0 aromatic carbocycles. The zero-order chi connectivity index (χ0) is 14.8. The van der Waals surface area contributed by atoms with Crippen molar-refractivity contribution in [1.82, 2.24) is 0 Å². The molecule has 2 aliphatic carbocycles. The topological polar surface area (TPSA) is 27.7 Å². The van der Waals surface area contributed by atoms with Gasteiger partial charge in [0.25, 0.3) is 0 Å². The highest BCUT2D eigenvalue weighted by Crippen LogP contribution is 2.58. The maximum atomic E-state index is 6.12. The van der Waals surface area contributed by atoms with Gasteiger partial charge in [-0.25, -0.2) is 0 Å². The molecule has 116 valence electrons. The van der Waals surface area contributed by atoms with Crippen molar-refractivity contribution < 1.29 is 14.2 Å². The quantitative estimate of drug-likeness (QED) is 0.235. The lowest BCUT2D eigenvalue weighted by molar-refractivity contribution is -0.159. The molecule has 2 aliphatic rings. The van der Waals surface area contributed by atoms with Crippen LogP contribution in [0, 0.1) is 17.8 Å². The Balaban J connectivity index is 1.97. The van der Waals surface area contributed by atoms with E-state index in [2.05, 4.69) is 66.9 Å². The molecular formula is C14H21Br3O3. The maximum Gasteiger partial charge on any atom is 0.163 e. The highest BCUT2D eigenvalue weighted by molar-refractivity contribution is 9.39. The van der Waals surface area contributed by atoms with Gasteiger partial charge in [-0.1, -0.05) is 59.9 Å². The minimum Gasteiger partial charge on any atom is -0.382 e. The van der Waals surface area contributed by atoms with Gasteiger partial charge in [0, 0.05) is 7.11 Å². The molecule has 2 bridgehead atoms. The predicted octanol–water partition coefficient (Wildman–Crippen LogP) is 4.43. The lowest BCUT2D eigenvalue weighted by Gasteiger charge is -2.44. The SMILES string of the molecule is COCCOCOC(C)(C1CC2C=CC1C2)C(Br)(Br)Br. The highest BCUT2D eigenvalue weighted by atomic mass is 80.0. The largest absolute Gasteiger partial charge is 0.382 e. The third kappa shape index (κ3) is 3.69. The van der Waals surface area contributed by atoms with Crippen molar-refractivity contribution in [3.63, 3.8) is 0 Å². The third-order valence-electron chi connectivity index (χ3n) is 4.42. The van der Waals surface area contributed by atoms with Gasteiger partial charge in [0.15, 0.2) is 2.14 Å². The van der Waals surface area contributed by atoms with Crippen molar-refractivity contribution >= 4 is 47.8 Å². The molecule has 0 aromatic rings. The van der Waals surface area contributed by atoms with E-state index < -0.39 is 7.74 Å². The Kier molecular flexibility index (Phi) is 6.17. The number of hydrogen-bond acceptors (Lipinski definition) is 3. The van der Waals surface area contributed by atoms with E-state index in [4.69, 9.17) is 14.2 Å². The zero-order valence-corrected chi connectivity index (χ0v) is 16.5. The first-order chi connectivity index (χ1) is 9.38. The Bertz CT molecular complexity index is 356. The van der Waals surface area contributed by atoms with Gasteiger partial charge in [0.2, 0.25) is 0 Å². The van der Waals surface area contributed by atoms with Crippen LogP contribution in [0.15, 0.2) is 12.2 Å². The van der Waals surface area contributed by atoms with Crippen LogP contribution in [0.1, 0.15) is 19.8 Å². The van der Waals surface area contributed by atoms with Gasteiger partial charge in [-0.2, -0.15) is 0 Å². The van der Waals surface area contributed by atoms with Gasteiger partial charge in [0.05, 0.1) is 13.2 Å². The van der Waals surface area contributed by atoms with E-state index in [0.29, 0.717) is 31.0 Å². The summed E-state index contributed by atoms with van der Waals surface area (Å²) in [6.45, 7) is 3.52. The van der Waals surface area contributed by atoms with E-state index in [1.807, 2.05) is 0 Å². The Morgan fingerprint density at radius 1 is 1.15 bits per heavy atom. The van der Waals surface area contributed by atoms with Gasteiger partial charge < -0.3 is 14.2 Å². The van der Waals surface area contributed by atoms with Crippen LogP contribution >= 0.6 is 47.8 Å². The molecule has 2 rings (SSSR count). The van der Waals surface area contributed by atoms with Crippen molar-refractivity contribution in [3.05, 3.63) is 12.2 Å². The van der Waals surface area contributed by atoms with Crippen molar-refractivity contribution in [2.75, 3.05) is 27.1 Å². The van der Waals surface area contributed by atoms with E-state index in [9.17, 15) is 0 Å². The minimum absolute atomic E-state index is 0.266. The molecule has 4 atom stereocenters. The Hall–Kier alpha value is 1.06. The lowest BCUT2D eigenvalue weighted by Crippen LogP contribution is -2.50. The summed E-state index contributed by atoms with van der Waals surface area (Å²) in [4.78, 5) is 0. The van der Waals surface area contributed by atoms with Crippen LogP contribution in [0.3, 0.4) is 0 Å². The summed E-state index contributed by atoms with van der Waals surface area (Å²) in [7, 11) is 1.66. The molecule has 1 saturated carbocycles. The molecular weight excluding hydrogens is 456 g/mol. The number of fused-ring (bicyclic) bond motifs is 2. The fourth-order valence-corrected chi connectivity index (χ4v) is 4.40. The molecule has 0 saturated heterocycles. The standard InChI is InChI=1S/C14H21Br3O3/c1-13(14(15,16)17,20-9-19-6-5-18-2)12-8-10-3-4-11(12)7-10/h3-4,10-12H,5-9H2,1-2H3. The molecule has 0 aliphatic heterocycles. The van der Waals surface area contributed by atoms with Crippen LogP contribution in [-0.2, 0) is 14.2 Å². The molecule has 20 heavy (non-hydrogen) atoms. The van der Waals surface area contributed by atoms with Crippen LogP contribution in [0.4, 0.5) is 0 Å². The smallest absolute Gasteiger partial charge is 0.163 e. The van der Waals surface area contributed by atoms with Gasteiger partial charge in [-0.05, 0) is 37.5 Å². The fourth-order valence-electron chi connectivity index (χ4n) is 3.18. The number of halogens is 3. The van der Waals surface area contributed by atoms with Crippen LogP contribution in [-0.4, -0.2) is 34.9 Å². The first kappa shape index (κ1) is 17.4. The number of ether oxygens (including phenoxy) is 3. The normalized spacial score (nSPS) is 31.8. The predicted molar refractivity (Wildman–Crippen MR) is 90.5 cm³/mol. The summed E-state index contributed by atoms with van der Waals surface area (Å²) < 4.78 is 16.1. The van der Waals surface area contributed by atoms with Crippen LogP contribution in [0.2, 0.25) is 0 Å². The van der Waals surface area contributed by atoms with Gasteiger partial charge >= 0.3 is 0 Å². The number of alkyl halides is 3. The van der Waals surface area contributed by atoms with E-state index in [1.54, 1.807) is 7.11 Å². The van der Waals surface area contributed by atoms with Crippen molar-refractivity contribution in [3.8, 4) is 0 Å². The molecule has 0 aromatic heterocycles. The molecule has 4 unspecified atom stereocenters. The van der Waals surface area contributed by atoms with Crippen molar-refractivity contribution in [1.29, 1.82) is 0 Å². The first-order valence-corrected chi connectivity index (χ1v) is 9.22. The van der Waals surface area contributed by atoms with Gasteiger partial charge in [-0.15, -0.1) is 0 Å². The summed E-state index contributed by atoms with van der Waals surface area (Å²) in [6, 6.07) is 0. The molecule has 0 radical (unpaired) electrons. The van der Waals surface area contributed by atoms with Gasteiger partial charge in [0.1, 0.15) is 12.4 Å². The molecule has 1 fully saturated rings. The summed E-state index contributed by atoms with van der Waals surface area (Å²) in [6.07, 6.45) is 7.09. The molecule has 0 N–H and O–H groups in total. The fraction of sp³-hybridized carbons (Fsp3) is 0.857. The van der Waals surface area contributed by atoms with Crippen molar-refractivity contribution in [2.24, 2.45) is 17.8 Å². The molecule has 0 amide bonds. The van der Waals surface area contributed by atoms with Crippen molar-refractivity contribution in [2.45, 2.75) is 27.5 Å². The minimum atomic E-state index is -0.465. The van der Waals surface area contributed by atoms with E-state index in [-0.39, 0.29) is 6.79 Å². The van der Waals surface area contributed by atoms with E-state index >= 15 is 0 Å². The third-order valence-corrected chi connectivity index (χ3v) is 6.79. The number of hydrogen-bond donors (Lipinski definition) is 0. The van der Waals surface area contributed by atoms with Crippen LogP contribution in [0.25, 0.3) is 0 Å². The second-order valence-electron chi connectivity index (χ2n) is 5.65. The lowest BCUT2D eigenvalue weighted by atomic mass is 9.80. The van der Waals surface area contributed by atoms with E-state index in [1.165, 1.54) is 12.8 Å². The van der Waals surface area contributed by atoms with E-state index in [0.717, 1.165) is 0 Å². The van der Waals surface area contributed by atoms with Crippen LogP contribution < -0.4 is 0 Å². The Labute approximate surface area is 146 Å².